The van der Waals surface area contributed by atoms with Gasteiger partial charge in [0.15, 0.2) is 0 Å². The van der Waals surface area contributed by atoms with Gasteiger partial charge in [0.2, 0.25) is 11.8 Å². The summed E-state index contributed by atoms with van der Waals surface area (Å²) in [6, 6.07) is 1.02. The van der Waals surface area contributed by atoms with Crippen molar-refractivity contribution in [3.8, 4) is 0 Å². The number of benzene rings is 1. The van der Waals surface area contributed by atoms with Gasteiger partial charge in [-0.15, -0.1) is 0 Å². The summed E-state index contributed by atoms with van der Waals surface area (Å²) in [5.41, 5.74) is -1.31. The first-order chi connectivity index (χ1) is 8.91. The van der Waals surface area contributed by atoms with Crippen LogP contribution in [0.3, 0.4) is 0 Å². The second kappa shape index (κ2) is 4.75. The van der Waals surface area contributed by atoms with Crippen LogP contribution in [-0.2, 0) is 9.59 Å². The summed E-state index contributed by atoms with van der Waals surface area (Å²) in [6.07, 6.45) is 0.485. The molecule has 0 saturated carbocycles. The summed E-state index contributed by atoms with van der Waals surface area (Å²) in [7, 11) is 0. The number of rotatable bonds is 2. The van der Waals surface area contributed by atoms with Gasteiger partial charge in [0.25, 0.3) is 0 Å². The third-order valence-electron chi connectivity index (χ3n) is 2.79. The normalized spacial score (nSPS) is 15.8. The zero-order valence-electron chi connectivity index (χ0n) is 9.65. The maximum atomic E-state index is 13.6. The van der Waals surface area contributed by atoms with E-state index in [1.54, 1.807) is 0 Å². The summed E-state index contributed by atoms with van der Waals surface area (Å²) < 4.78 is 26.9. The molecule has 7 heteroatoms. The topological polar surface area (TPSA) is 74.7 Å². The van der Waals surface area contributed by atoms with Crippen LogP contribution in [0, 0.1) is 11.6 Å². The molecule has 1 aromatic rings. The Morgan fingerprint density at radius 3 is 2.21 bits per heavy atom. The quantitative estimate of drug-likeness (QED) is 0.829. The highest BCUT2D eigenvalue weighted by molar-refractivity contribution is 6.16. The molecule has 1 fully saturated rings. The smallest absolute Gasteiger partial charge is 0.338 e. The molecule has 1 heterocycles. The second-order valence-electron chi connectivity index (χ2n) is 4.07. The minimum absolute atomic E-state index is 0.0605. The molecule has 1 aromatic carbocycles. The predicted molar refractivity (Wildman–Crippen MR) is 59.7 cm³/mol. The lowest BCUT2D eigenvalue weighted by atomic mass is 10.1. The third-order valence-corrected chi connectivity index (χ3v) is 2.79. The maximum absolute atomic E-state index is 13.6. The van der Waals surface area contributed by atoms with Crippen molar-refractivity contribution in [1.29, 1.82) is 0 Å². The van der Waals surface area contributed by atoms with E-state index in [-0.39, 0.29) is 12.8 Å². The van der Waals surface area contributed by atoms with Crippen molar-refractivity contribution < 1.29 is 28.3 Å². The van der Waals surface area contributed by atoms with Crippen molar-refractivity contribution in [2.45, 2.75) is 19.3 Å². The fourth-order valence-electron chi connectivity index (χ4n) is 1.90. The Labute approximate surface area is 106 Å². The van der Waals surface area contributed by atoms with Crippen LogP contribution >= 0.6 is 0 Å². The third kappa shape index (κ3) is 2.31. The second-order valence-corrected chi connectivity index (χ2v) is 4.07. The molecule has 0 atom stereocenters. The van der Waals surface area contributed by atoms with Gasteiger partial charge in [-0.05, 0) is 12.5 Å². The number of carboxylic acid groups (broad SMARTS) is 1. The Kier molecular flexibility index (Phi) is 3.28. The lowest BCUT2D eigenvalue weighted by Crippen LogP contribution is -2.40. The number of aromatic carboxylic acids is 1. The van der Waals surface area contributed by atoms with E-state index >= 15 is 0 Å². The minimum atomic E-state index is -1.60. The molecular weight excluding hydrogens is 260 g/mol. The summed E-state index contributed by atoms with van der Waals surface area (Å²) in [5.74, 6) is -5.26. The van der Waals surface area contributed by atoms with Crippen LogP contribution in [-0.4, -0.2) is 22.9 Å². The first-order valence-electron chi connectivity index (χ1n) is 5.50. The average Bonchev–Trinajstić information content (AvgIpc) is 2.30. The van der Waals surface area contributed by atoms with Gasteiger partial charge in [0, 0.05) is 18.9 Å². The van der Waals surface area contributed by atoms with Gasteiger partial charge in [-0.1, -0.05) is 0 Å². The standard InChI is InChI=1S/C12H9F2NO4/c13-7-5-8(14)9(4-6(7)12(18)19)15-10(16)2-1-3-11(15)17/h4-5H,1-3H2,(H,18,19). The average molecular weight is 269 g/mol. The molecule has 1 aliphatic rings. The van der Waals surface area contributed by atoms with Gasteiger partial charge in [0.1, 0.15) is 11.6 Å². The Hall–Kier alpha value is -2.31. The van der Waals surface area contributed by atoms with E-state index in [4.69, 9.17) is 5.11 Å². The van der Waals surface area contributed by atoms with Crippen LogP contribution < -0.4 is 4.90 Å². The molecule has 0 aliphatic carbocycles. The van der Waals surface area contributed by atoms with Crippen molar-refractivity contribution in [3.05, 3.63) is 29.3 Å². The molecule has 2 rings (SSSR count). The number of hydrogen-bond donors (Lipinski definition) is 1. The van der Waals surface area contributed by atoms with E-state index in [9.17, 15) is 23.2 Å². The van der Waals surface area contributed by atoms with Gasteiger partial charge < -0.3 is 5.11 Å². The van der Waals surface area contributed by atoms with Crippen LogP contribution in [0.5, 0.6) is 0 Å². The summed E-state index contributed by atoms with van der Waals surface area (Å²) >= 11 is 0. The van der Waals surface area contributed by atoms with Gasteiger partial charge in [-0.2, -0.15) is 0 Å². The summed E-state index contributed by atoms with van der Waals surface area (Å²) in [5, 5.41) is 8.76. The van der Waals surface area contributed by atoms with E-state index in [0.717, 1.165) is 0 Å². The number of imide groups is 1. The number of carbonyl (C=O) groups excluding carboxylic acids is 2. The highest BCUT2D eigenvalue weighted by atomic mass is 19.1. The Balaban J connectivity index is 2.55. The number of halogens is 2. The fraction of sp³-hybridized carbons (Fsp3) is 0.250. The van der Waals surface area contributed by atoms with E-state index in [1.807, 2.05) is 0 Å². The number of amides is 2. The maximum Gasteiger partial charge on any atom is 0.338 e. The van der Waals surface area contributed by atoms with Gasteiger partial charge >= 0.3 is 5.97 Å². The predicted octanol–water partition coefficient (Wildman–Crippen LogP) is 1.71. The van der Waals surface area contributed by atoms with Crippen molar-refractivity contribution in [2.24, 2.45) is 0 Å². The summed E-state index contributed by atoms with van der Waals surface area (Å²) in [6.45, 7) is 0. The minimum Gasteiger partial charge on any atom is -0.478 e. The highest BCUT2D eigenvalue weighted by Crippen LogP contribution is 2.27. The molecule has 0 unspecified atom stereocenters. The van der Waals surface area contributed by atoms with Crippen molar-refractivity contribution >= 4 is 23.5 Å². The summed E-state index contributed by atoms with van der Waals surface area (Å²) in [4.78, 5) is 34.6. The molecule has 2 amide bonds. The van der Waals surface area contributed by atoms with Gasteiger partial charge in [-0.25, -0.2) is 18.5 Å². The Morgan fingerprint density at radius 2 is 1.68 bits per heavy atom. The zero-order valence-corrected chi connectivity index (χ0v) is 9.65. The first-order valence-corrected chi connectivity index (χ1v) is 5.50. The molecule has 100 valence electrons. The zero-order chi connectivity index (χ0) is 14.2. The van der Waals surface area contributed by atoms with Crippen LogP contribution in [0.2, 0.25) is 0 Å². The van der Waals surface area contributed by atoms with Gasteiger partial charge in [-0.3, -0.25) is 9.59 Å². The van der Waals surface area contributed by atoms with E-state index < -0.39 is 40.7 Å². The lowest BCUT2D eigenvalue weighted by molar-refractivity contribution is -0.129. The van der Waals surface area contributed by atoms with Crippen molar-refractivity contribution in [2.75, 3.05) is 4.90 Å². The molecule has 1 saturated heterocycles. The Bertz CT molecular complexity index is 569. The molecule has 0 spiro atoms. The van der Waals surface area contributed by atoms with E-state index in [2.05, 4.69) is 0 Å². The van der Waals surface area contributed by atoms with Crippen molar-refractivity contribution in [1.82, 2.24) is 0 Å². The monoisotopic (exact) mass is 269 g/mol. The molecule has 0 aromatic heterocycles. The SMILES string of the molecule is O=C(O)c1cc(N2C(=O)CCCC2=O)c(F)cc1F. The Morgan fingerprint density at radius 1 is 1.11 bits per heavy atom. The van der Waals surface area contributed by atoms with Crippen LogP contribution in [0.15, 0.2) is 12.1 Å². The number of nitrogens with zero attached hydrogens (tertiary/aromatic N) is 1. The van der Waals surface area contributed by atoms with Crippen LogP contribution in [0.4, 0.5) is 14.5 Å². The molecule has 1 N–H and O–H groups in total. The number of carbonyl (C=O) groups is 3. The molecule has 0 radical (unpaired) electrons. The molecule has 1 aliphatic heterocycles. The number of anilines is 1. The van der Waals surface area contributed by atoms with Crippen LogP contribution in [0.1, 0.15) is 29.6 Å². The van der Waals surface area contributed by atoms with Gasteiger partial charge in [0.05, 0.1) is 11.3 Å². The van der Waals surface area contributed by atoms with Crippen molar-refractivity contribution in [3.63, 3.8) is 0 Å². The first kappa shape index (κ1) is 13.1. The molecule has 5 nitrogen and oxygen atoms in total. The molecule has 0 bridgehead atoms. The van der Waals surface area contributed by atoms with E-state index in [1.165, 1.54) is 0 Å². The number of hydrogen-bond acceptors (Lipinski definition) is 3. The number of piperidine rings is 1. The highest BCUT2D eigenvalue weighted by Gasteiger charge is 2.30. The molecule has 19 heavy (non-hydrogen) atoms. The van der Waals surface area contributed by atoms with Crippen LogP contribution in [0.25, 0.3) is 0 Å². The molecular formula is C12H9F2NO4. The largest absolute Gasteiger partial charge is 0.478 e. The lowest BCUT2D eigenvalue weighted by Gasteiger charge is -2.25. The van der Waals surface area contributed by atoms with E-state index in [0.29, 0.717) is 23.5 Å². The fourth-order valence-corrected chi connectivity index (χ4v) is 1.90. The number of carboxylic acids is 1.